The number of unbranched alkanes of at least 4 members (excludes halogenated alkanes) is 1. The van der Waals surface area contributed by atoms with Gasteiger partial charge in [0.2, 0.25) is 10.0 Å². The molecule has 22 heavy (non-hydrogen) atoms. The lowest BCUT2D eigenvalue weighted by atomic mass is 9.84. The zero-order chi connectivity index (χ0) is 16.2. The number of hydrogen-bond donors (Lipinski definition) is 1. The zero-order valence-electron chi connectivity index (χ0n) is 13.8. The highest BCUT2D eigenvalue weighted by molar-refractivity contribution is 7.89. The SMILES string of the molecule is CCCCS(=O)(=O)N1CCC(C2CCN(C(=O)NC)CC2)C1. The third kappa shape index (κ3) is 4.13. The number of urea groups is 1. The Morgan fingerprint density at radius 1 is 1.14 bits per heavy atom. The van der Waals surface area contributed by atoms with Crippen LogP contribution >= 0.6 is 0 Å². The molecule has 0 aliphatic carbocycles. The van der Waals surface area contributed by atoms with E-state index >= 15 is 0 Å². The number of nitrogens with zero attached hydrogens (tertiary/aromatic N) is 2. The number of hydrogen-bond acceptors (Lipinski definition) is 3. The molecule has 0 saturated carbocycles. The lowest BCUT2D eigenvalue weighted by Crippen LogP contribution is -2.44. The molecule has 1 N–H and O–H groups in total. The largest absolute Gasteiger partial charge is 0.341 e. The lowest BCUT2D eigenvalue weighted by molar-refractivity contribution is 0.153. The van der Waals surface area contributed by atoms with Crippen LogP contribution in [0.1, 0.15) is 39.0 Å². The summed E-state index contributed by atoms with van der Waals surface area (Å²) < 4.78 is 26.2. The van der Waals surface area contributed by atoms with Crippen LogP contribution in [-0.2, 0) is 10.0 Å². The van der Waals surface area contributed by atoms with E-state index in [1.165, 1.54) is 0 Å². The molecule has 128 valence electrons. The first-order valence-corrected chi connectivity index (χ1v) is 10.0. The highest BCUT2D eigenvalue weighted by atomic mass is 32.2. The molecule has 1 atom stereocenters. The molecular weight excluding hydrogens is 302 g/mol. The minimum atomic E-state index is -3.06. The molecule has 0 spiro atoms. The number of carbonyl (C=O) groups excluding carboxylic acids is 1. The molecule has 0 aromatic carbocycles. The number of sulfonamides is 1. The number of amides is 2. The minimum absolute atomic E-state index is 0.00589. The van der Waals surface area contributed by atoms with Gasteiger partial charge in [0.15, 0.2) is 0 Å². The van der Waals surface area contributed by atoms with E-state index in [0.29, 0.717) is 24.9 Å². The van der Waals surface area contributed by atoms with E-state index in [2.05, 4.69) is 5.32 Å². The van der Waals surface area contributed by atoms with Crippen molar-refractivity contribution in [2.45, 2.75) is 39.0 Å². The molecule has 2 aliphatic heterocycles. The summed E-state index contributed by atoms with van der Waals surface area (Å²) in [7, 11) is -1.41. The van der Waals surface area contributed by atoms with Gasteiger partial charge in [0.25, 0.3) is 0 Å². The van der Waals surface area contributed by atoms with Crippen molar-refractivity contribution in [3.63, 3.8) is 0 Å². The molecule has 1 unspecified atom stereocenters. The molecule has 0 radical (unpaired) electrons. The van der Waals surface area contributed by atoms with Gasteiger partial charge in [-0.2, -0.15) is 0 Å². The van der Waals surface area contributed by atoms with Gasteiger partial charge in [0.05, 0.1) is 5.75 Å². The van der Waals surface area contributed by atoms with Crippen molar-refractivity contribution in [1.82, 2.24) is 14.5 Å². The highest BCUT2D eigenvalue weighted by Crippen LogP contribution is 2.33. The van der Waals surface area contributed by atoms with Crippen molar-refractivity contribution in [1.29, 1.82) is 0 Å². The summed E-state index contributed by atoms with van der Waals surface area (Å²) in [5.41, 5.74) is 0. The number of likely N-dealkylation sites (tertiary alicyclic amines) is 1. The molecule has 2 heterocycles. The summed E-state index contributed by atoms with van der Waals surface area (Å²) in [6.45, 7) is 4.93. The van der Waals surface area contributed by atoms with E-state index in [0.717, 1.165) is 45.2 Å². The Kier molecular flexibility index (Phi) is 6.09. The summed E-state index contributed by atoms with van der Waals surface area (Å²) in [6.07, 6.45) is 4.60. The fourth-order valence-corrected chi connectivity index (χ4v) is 5.29. The maximum absolute atomic E-state index is 12.3. The average Bonchev–Trinajstić information content (AvgIpc) is 3.03. The summed E-state index contributed by atoms with van der Waals surface area (Å²) >= 11 is 0. The second-order valence-corrected chi connectivity index (χ2v) is 8.54. The van der Waals surface area contributed by atoms with Crippen LogP contribution in [0.2, 0.25) is 0 Å². The van der Waals surface area contributed by atoms with Crippen LogP contribution in [0.3, 0.4) is 0 Å². The first kappa shape index (κ1) is 17.5. The number of rotatable bonds is 5. The third-order valence-electron chi connectivity index (χ3n) is 5.04. The smallest absolute Gasteiger partial charge is 0.317 e. The first-order chi connectivity index (χ1) is 10.5. The van der Waals surface area contributed by atoms with E-state index in [-0.39, 0.29) is 11.8 Å². The quantitative estimate of drug-likeness (QED) is 0.830. The molecule has 2 fully saturated rings. The van der Waals surface area contributed by atoms with Crippen molar-refractivity contribution in [2.75, 3.05) is 39.0 Å². The Bertz CT molecular complexity index is 472. The average molecular weight is 331 g/mol. The number of nitrogens with one attached hydrogen (secondary N) is 1. The standard InChI is InChI=1S/C15H29N3O3S/c1-3-4-11-22(20,21)18-10-7-14(12-18)13-5-8-17(9-6-13)15(19)16-2/h13-14H,3-12H2,1-2H3,(H,16,19). The minimum Gasteiger partial charge on any atom is -0.341 e. The van der Waals surface area contributed by atoms with Crippen molar-refractivity contribution in [3.8, 4) is 0 Å². The Morgan fingerprint density at radius 3 is 2.36 bits per heavy atom. The normalized spacial score (nSPS) is 24.6. The molecule has 2 saturated heterocycles. The highest BCUT2D eigenvalue weighted by Gasteiger charge is 2.36. The zero-order valence-corrected chi connectivity index (χ0v) is 14.6. The van der Waals surface area contributed by atoms with E-state index in [1.54, 1.807) is 11.4 Å². The summed E-state index contributed by atoms with van der Waals surface area (Å²) in [5, 5.41) is 2.67. The van der Waals surface area contributed by atoms with Crippen LogP contribution in [0.5, 0.6) is 0 Å². The monoisotopic (exact) mass is 331 g/mol. The molecule has 0 aromatic heterocycles. The van der Waals surface area contributed by atoms with E-state index < -0.39 is 10.0 Å². The van der Waals surface area contributed by atoms with Gasteiger partial charge in [-0.3, -0.25) is 0 Å². The van der Waals surface area contributed by atoms with Gasteiger partial charge in [0.1, 0.15) is 0 Å². The van der Waals surface area contributed by atoms with Gasteiger partial charge < -0.3 is 10.2 Å². The topological polar surface area (TPSA) is 69.7 Å². The maximum atomic E-state index is 12.3. The Morgan fingerprint density at radius 2 is 1.77 bits per heavy atom. The molecule has 2 rings (SSSR count). The maximum Gasteiger partial charge on any atom is 0.317 e. The molecule has 0 bridgehead atoms. The summed E-state index contributed by atoms with van der Waals surface area (Å²) in [6, 6.07) is -0.00589. The molecule has 0 aromatic rings. The Balaban J connectivity index is 1.83. The summed E-state index contributed by atoms with van der Waals surface area (Å²) in [4.78, 5) is 13.5. The lowest BCUT2D eigenvalue weighted by Gasteiger charge is -2.34. The predicted octanol–water partition coefficient (Wildman–Crippen LogP) is 1.49. The van der Waals surface area contributed by atoms with Crippen molar-refractivity contribution in [3.05, 3.63) is 0 Å². The molecule has 6 nitrogen and oxygen atoms in total. The van der Waals surface area contributed by atoms with Gasteiger partial charge in [0, 0.05) is 33.2 Å². The molecule has 2 aliphatic rings. The number of carbonyl (C=O) groups is 1. The van der Waals surface area contributed by atoms with Crippen molar-refractivity contribution < 1.29 is 13.2 Å². The van der Waals surface area contributed by atoms with Crippen LogP contribution in [0.15, 0.2) is 0 Å². The van der Waals surface area contributed by atoms with Crippen LogP contribution in [-0.4, -0.2) is 62.6 Å². The van der Waals surface area contributed by atoms with Gasteiger partial charge in [-0.25, -0.2) is 17.5 Å². The molecule has 2 amide bonds. The van der Waals surface area contributed by atoms with Crippen LogP contribution in [0, 0.1) is 11.8 Å². The Labute approximate surface area is 134 Å². The van der Waals surface area contributed by atoms with Crippen LogP contribution < -0.4 is 5.32 Å². The van der Waals surface area contributed by atoms with Crippen LogP contribution in [0.25, 0.3) is 0 Å². The van der Waals surface area contributed by atoms with Gasteiger partial charge >= 0.3 is 6.03 Å². The van der Waals surface area contributed by atoms with Crippen molar-refractivity contribution in [2.24, 2.45) is 11.8 Å². The van der Waals surface area contributed by atoms with Crippen molar-refractivity contribution >= 4 is 16.1 Å². The first-order valence-electron chi connectivity index (χ1n) is 8.42. The van der Waals surface area contributed by atoms with Crippen LogP contribution in [0.4, 0.5) is 4.79 Å². The second kappa shape index (κ2) is 7.64. The van der Waals surface area contributed by atoms with Gasteiger partial charge in [-0.1, -0.05) is 13.3 Å². The van der Waals surface area contributed by atoms with E-state index in [9.17, 15) is 13.2 Å². The predicted molar refractivity (Wildman–Crippen MR) is 87.1 cm³/mol. The summed E-state index contributed by atoms with van der Waals surface area (Å²) in [5.74, 6) is 1.29. The molecule has 7 heteroatoms. The fourth-order valence-electron chi connectivity index (χ4n) is 3.58. The Hall–Kier alpha value is -0.820. The van der Waals surface area contributed by atoms with Gasteiger partial charge in [-0.15, -0.1) is 0 Å². The fraction of sp³-hybridized carbons (Fsp3) is 0.933. The van der Waals surface area contributed by atoms with Gasteiger partial charge in [-0.05, 0) is 37.5 Å². The number of piperidine rings is 1. The van der Waals surface area contributed by atoms with E-state index in [1.807, 2.05) is 11.8 Å². The third-order valence-corrected chi connectivity index (χ3v) is 6.97. The van der Waals surface area contributed by atoms with E-state index in [4.69, 9.17) is 0 Å². The molecular formula is C15H29N3O3S. The second-order valence-electron chi connectivity index (χ2n) is 6.46.